The molecule has 0 radical (unpaired) electrons. The molecule has 4 heteroatoms. The van der Waals surface area contributed by atoms with E-state index in [4.69, 9.17) is 5.11 Å². The van der Waals surface area contributed by atoms with Gasteiger partial charge in [0.1, 0.15) is 11.8 Å². The third-order valence-electron chi connectivity index (χ3n) is 2.73. The van der Waals surface area contributed by atoms with Crippen molar-refractivity contribution in [3.05, 3.63) is 42.0 Å². The molecular formula is C14H13NO3. The van der Waals surface area contributed by atoms with Crippen LogP contribution in [0.3, 0.4) is 0 Å². The Labute approximate surface area is 104 Å². The molecule has 0 aliphatic rings. The Bertz CT molecular complexity index is 619. The van der Waals surface area contributed by atoms with E-state index in [9.17, 15) is 9.90 Å². The van der Waals surface area contributed by atoms with Crippen molar-refractivity contribution in [3.63, 3.8) is 0 Å². The number of hydrogen-bond donors (Lipinski definition) is 2. The molecule has 4 nitrogen and oxygen atoms in total. The maximum absolute atomic E-state index is 10.7. The molecule has 0 bridgehead atoms. The molecule has 92 valence electrons. The predicted molar refractivity (Wildman–Crippen MR) is 70.3 cm³/mol. The molecule has 2 aromatic rings. The molecule has 0 amide bonds. The molecule has 0 spiro atoms. The SMILES string of the molecule is CC(N=Cc1c(O)ccc2ccccc12)C(=O)O. The molecule has 0 aliphatic carbocycles. The van der Waals surface area contributed by atoms with Gasteiger partial charge in [-0.25, -0.2) is 4.79 Å². The summed E-state index contributed by atoms with van der Waals surface area (Å²) in [6.07, 6.45) is 1.41. The van der Waals surface area contributed by atoms with Gasteiger partial charge in [0, 0.05) is 11.8 Å². The molecule has 0 aliphatic heterocycles. The zero-order valence-electron chi connectivity index (χ0n) is 9.87. The first-order valence-electron chi connectivity index (χ1n) is 5.56. The summed E-state index contributed by atoms with van der Waals surface area (Å²) in [5.74, 6) is -0.902. The summed E-state index contributed by atoms with van der Waals surface area (Å²) in [5.41, 5.74) is 0.543. The Balaban J connectivity index is 2.50. The lowest BCUT2D eigenvalue weighted by molar-refractivity contribution is -0.137. The second kappa shape index (κ2) is 4.87. The molecule has 0 heterocycles. The Morgan fingerprint density at radius 3 is 2.72 bits per heavy atom. The zero-order chi connectivity index (χ0) is 13.1. The molecule has 0 aromatic heterocycles. The molecule has 0 saturated heterocycles. The van der Waals surface area contributed by atoms with Crippen molar-refractivity contribution in [2.75, 3.05) is 0 Å². The monoisotopic (exact) mass is 243 g/mol. The molecule has 1 atom stereocenters. The summed E-state index contributed by atoms with van der Waals surface area (Å²) < 4.78 is 0. The number of nitrogens with zero attached hydrogens (tertiary/aromatic N) is 1. The predicted octanol–water partition coefficient (Wildman–Crippen LogP) is 2.44. The molecule has 0 saturated carbocycles. The van der Waals surface area contributed by atoms with E-state index in [0.717, 1.165) is 10.8 Å². The van der Waals surface area contributed by atoms with Crippen LogP contribution in [-0.4, -0.2) is 28.4 Å². The van der Waals surface area contributed by atoms with Gasteiger partial charge >= 0.3 is 5.97 Å². The van der Waals surface area contributed by atoms with Gasteiger partial charge in [-0.15, -0.1) is 0 Å². The number of aliphatic carboxylic acids is 1. The number of carbonyl (C=O) groups is 1. The number of phenolic OH excluding ortho intramolecular Hbond substituents is 1. The minimum Gasteiger partial charge on any atom is -0.507 e. The molecule has 1 unspecified atom stereocenters. The van der Waals surface area contributed by atoms with E-state index in [1.54, 1.807) is 6.07 Å². The zero-order valence-corrected chi connectivity index (χ0v) is 9.87. The average molecular weight is 243 g/mol. The Kier molecular flexibility index (Phi) is 3.28. The smallest absolute Gasteiger partial charge is 0.328 e. The first-order chi connectivity index (χ1) is 8.59. The third kappa shape index (κ3) is 2.32. The first kappa shape index (κ1) is 12.1. The largest absolute Gasteiger partial charge is 0.507 e. The molecule has 2 N–H and O–H groups in total. The van der Waals surface area contributed by atoms with Crippen molar-refractivity contribution >= 4 is 23.0 Å². The molecule has 2 aromatic carbocycles. The van der Waals surface area contributed by atoms with E-state index in [0.29, 0.717) is 5.56 Å². The fraction of sp³-hybridized carbons (Fsp3) is 0.143. The normalized spacial score (nSPS) is 12.9. The van der Waals surface area contributed by atoms with E-state index >= 15 is 0 Å². The number of benzene rings is 2. The second-order valence-electron chi connectivity index (χ2n) is 4.01. The Morgan fingerprint density at radius 1 is 1.28 bits per heavy atom. The van der Waals surface area contributed by atoms with Crippen molar-refractivity contribution < 1.29 is 15.0 Å². The van der Waals surface area contributed by atoms with Gasteiger partial charge in [-0.05, 0) is 23.8 Å². The first-order valence-corrected chi connectivity index (χ1v) is 5.56. The van der Waals surface area contributed by atoms with Crippen LogP contribution < -0.4 is 0 Å². The number of aromatic hydroxyl groups is 1. The summed E-state index contributed by atoms with van der Waals surface area (Å²) in [5, 5.41) is 20.4. The highest BCUT2D eigenvalue weighted by Gasteiger charge is 2.09. The van der Waals surface area contributed by atoms with Crippen LogP contribution in [0.4, 0.5) is 0 Å². The van der Waals surface area contributed by atoms with Gasteiger partial charge in [0.15, 0.2) is 0 Å². The van der Waals surface area contributed by atoms with E-state index in [-0.39, 0.29) is 5.75 Å². The topological polar surface area (TPSA) is 69.9 Å². The van der Waals surface area contributed by atoms with E-state index in [1.807, 2.05) is 30.3 Å². The number of carboxylic acids is 1. The summed E-state index contributed by atoms with van der Waals surface area (Å²) in [4.78, 5) is 14.6. The number of fused-ring (bicyclic) bond motifs is 1. The lowest BCUT2D eigenvalue weighted by atomic mass is 10.0. The van der Waals surface area contributed by atoms with Crippen molar-refractivity contribution in [2.24, 2.45) is 4.99 Å². The second-order valence-corrected chi connectivity index (χ2v) is 4.01. The van der Waals surface area contributed by atoms with Gasteiger partial charge in [0.2, 0.25) is 0 Å². The maximum atomic E-state index is 10.7. The van der Waals surface area contributed by atoms with Crippen LogP contribution in [0.1, 0.15) is 12.5 Å². The number of carboxylic acid groups (broad SMARTS) is 1. The van der Waals surface area contributed by atoms with Crippen molar-refractivity contribution in [2.45, 2.75) is 13.0 Å². The summed E-state index contributed by atoms with van der Waals surface area (Å²) >= 11 is 0. The van der Waals surface area contributed by atoms with Crippen LogP contribution in [0, 0.1) is 0 Å². The molecule has 2 rings (SSSR count). The summed E-state index contributed by atoms with van der Waals surface area (Å²) in [6.45, 7) is 1.49. The summed E-state index contributed by atoms with van der Waals surface area (Å²) in [6, 6.07) is 10.1. The van der Waals surface area contributed by atoms with Crippen molar-refractivity contribution in [1.82, 2.24) is 0 Å². The van der Waals surface area contributed by atoms with Crippen molar-refractivity contribution in [3.8, 4) is 5.75 Å². The van der Waals surface area contributed by atoms with Gasteiger partial charge < -0.3 is 10.2 Å². The van der Waals surface area contributed by atoms with Gasteiger partial charge in [-0.2, -0.15) is 0 Å². The van der Waals surface area contributed by atoms with Crippen molar-refractivity contribution in [1.29, 1.82) is 0 Å². The fourth-order valence-corrected chi connectivity index (χ4v) is 1.67. The minimum atomic E-state index is -0.994. The van der Waals surface area contributed by atoms with Crippen LogP contribution >= 0.6 is 0 Å². The maximum Gasteiger partial charge on any atom is 0.328 e. The van der Waals surface area contributed by atoms with Gasteiger partial charge in [-0.1, -0.05) is 30.3 Å². The highest BCUT2D eigenvalue weighted by atomic mass is 16.4. The minimum absolute atomic E-state index is 0.0926. The molecular weight excluding hydrogens is 230 g/mol. The highest BCUT2D eigenvalue weighted by Crippen LogP contribution is 2.25. The molecule has 18 heavy (non-hydrogen) atoms. The molecule has 0 fully saturated rings. The lowest BCUT2D eigenvalue weighted by Gasteiger charge is -2.05. The third-order valence-corrected chi connectivity index (χ3v) is 2.73. The van der Waals surface area contributed by atoms with Crippen LogP contribution in [0.25, 0.3) is 10.8 Å². The fourth-order valence-electron chi connectivity index (χ4n) is 1.67. The van der Waals surface area contributed by atoms with Crippen LogP contribution in [0.15, 0.2) is 41.4 Å². The van der Waals surface area contributed by atoms with Gasteiger partial charge in [-0.3, -0.25) is 4.99 Å². The van der Waals surface area contributed by atoms with Crippen LogP contribution in [0.2, 0.25) is 0 Å². The quantitative estimate of drug-likeness (QED) is 0.813. The number of hydrogen-bond acceptors (Lipinski definition) is 3. The lowest BCUT2D eigenvalue weighted by Crippen LogP contribution is -2.13. The average Bonchev–Trinajstić information content (AvgIpc) is 2.37. The highest BCUT2D eigenvalue weighted by molar-refractivity contribution is 6.02. The van der Waals surface area contributed by atoms with E-state index in [1.165, 1.54) is 13.1 Å². The standard InChI is InChI=1S/C14H13NO3/c1-9(14(17)18)15-8-12-11-5-3-2-4-10(11)6-7-13(12)16/h2-9,16H,1H3,(H,17,18). The van der Waals surface area contributed by atoms with Crippen LogP contribution in [0.5, 0.6) is 5.75 Å². The number of rotatable bonds is 3. The Hall–Kier alpha value is -2.36. The number of aliphatic imine (C=N–C) groups is 1. The van der Waals surface area contributed by atoms with Gasteiger partial charge in [0.25, 0.3) is 0 Å². The Morgan fingerprint density at radius 2 is 2.00 bits per heavy atom. The van der Waals surface area contributed by atoms with Crippen LogP contribution in [-0.2, 0) is 4.79 Å². The van der Waals surface area contributed by atoms with E-state index < -0.39 is 12.0 Å². The van der Waals surface area contributed by atoms with E-state index in [2.05, 4.69) is 4.99 Å². The number of phenols is 1. The van der Waals surface area contributed by atoms with Gasteiger partial charge in [0.05, 0.1) is 0 Å². The summed E-state index contributed by atoms with van der Waals surface area (Å²) in [7, 11) is 0.